The summed E-state index contributed by atoms with van der Waals surface area (Å²) < 4.78 is 17.0. The summed E-state index contributed by atoms with van der Waals surface area (Å²) in [5, 5.41) is 0. The highest BCUT2D eigenvalue weighted by molar-refractivity contribution is 7.84. The van der Waals surface area contributed by atoms with Gasteiger partial charge in [-0.15, -0.1) is 0 Å². The SMILES string of the molecule is CCCCCCCCCCCCOc1ccc([S@@](C)=O)cc1. The predicted octanol–water partition coefficient (Wildman–Crippen LogP) is 5.72. The van der Waals surface area contributed by atoms with Crippen LogP contribution in [0.4, 0.5) is 0 Å². The van der Waals surface area contributed by atoms with Gasteiger partial charge in [0.25, 0.3) is 0 Å². The molecule has 0 aliphatic carbocycles. The van der Waals surface area contributed by atoms with Crippen LogP contribution in [0, 0.1) is 0 Å². The van der Waals surface area contributed by atoms with E-state index in [1.165, 1.54) is 57.8 Å². The van der Waals surface area contributed by atoms with Gasteiger partial charge in [-0.25, -0.2) is 0 Å². The van der Waals surface area contributed by atoms with E-state index in [1.54, 1.807) is 6.26 Å². The van der Waals surface area contributed by atoms with Crippen LogP contribution in [0.3, 0.4) is 0 Å². The van der Waals surface area contributed by atoms with Crippen molar-refractivity contribution in [2.45, 2.75) is 76.0 Å². The third-order valence-corrected chi connectivity index (χ3v) is 4.86. The third kappa shape index (κ3) is 9.24. The lowest BCUT2D eigenvalue weighted by molar-refractivity contribution is 0.304. The van der Waals surface area contributed by atoms with Crippen LogP contribution < -0.4 is 4.74 Å². The Hall–Kier alpha value is -0.830. The molecule has 126 valence electrons. The Kier molecular flexibility index (Phi) is 11.1. The van der Waals surface area contributed by atoms with Crippen molar-refractivity contribution in [2.75, 3.05) is 12.9 Å². The van der Waals surface area contributed by atoms with Gasteiger partial charge in [0.05, 0.1) is 6.61 Å². The van der Waals surface area contributed by atoms with Crippen molar-refractivity contribution in [3.05, 3.63) is 24.3 Å². The summed E-state index contributed by atoms with van der Waals surface area (Å²) in [5.41, 5.74) is 0. The van der Waals surface area contributed by atoms with Crippen molar-refractivity contribution in [1.82, 2.24) is 0 Å². The molecule has 0 amide bonds. The largest absolute Gasteiger partial charge is 0.494 e. The lowest BCUT2D eigenvalue weighted by atomic mass is 10.1. The highest BCUT2D eigenvalue weighted by Gasteiger charge is 1.98. The molecule has 1 rings (SSSR count). The van der Waals surface area contributed by atoms with Crippen LogP contribution in [0.5, 0.6) is 5.75 Å². The van der Waals surface area contributed by atoms with Gasteiger partial charge in [0.15, 0.2) is 0 Å². The highest BCUT2D eigenvalue weighted by atomic mass is 32.2. The molecule has 0 spiro atoms. The van der Waals surface area contributed by atoms with Crippen molar-refractivity contribution < 1.29 is 8.95 Å². The molecule has 0 fully saturated rings. The number of hydrogen-bond donors (Lipinski definition) is 0. The molecule has 22 heavy (non-hydrogen) atoms. The molecule has 1 aromatic carbocycles. The van der Waals surface area contributed by atoms with E-state index < -0.39 is 10.8 Å². The fourth-order valence-electron chi connectivity index (χ4n) is 2.51. The number of ether oxygens (including phenoxy) is 1. The number of unbranched alkanes of at least 4 members (excludes halogenated alkanes) is 9. The van der Waals surface area contributed by atoms with E-state index in [-0.39, 0.29) is 0 Å². The average molecular weight is 325 g/mol. The fraction of sp³-hybridized carbons (Fsp3) is 0.684. The average Bonchev–Trinajstić information content (AvgIpc) is 2.53. The van der Waals surface area contributed by atoms with Crippen molar-refractivity contribution in [3.8, 4) is 5.75 Å². The number of rotatable bonds is 13. The Labute approximate surface area is 139 Å². The van der Waals surface area contributed by atoms with Gasteiger partial charge in [0.2, 0.25) is 0 Å². The minimum absolute atomic E-state index is 0.783. The van der Waals surface area contributed by atoms with Crippen molar-refractivity contribution >= 4 is 10.8 Å². The van der Waals surface area contributed by atoms with Gasteiger partial charge in [-0.2, -0.15) is 0 Å². The first-order valence-corrected chi connectivity index (χ1v) is 10.4. The molecule has 0 radical (unpaired) electrons. The first kappa shape index (κ1) is 19.2. The van der Waals surface area contributed by atoms with Crippen molar-refractivity contribution in [2.24, 2.45) is 0 Å². The molecule has 0 saturated heterocycles. The maximum Gasteiger partial charge on any atom is 0.119 e. The Morgan fingerprint density at radius 1 is 0.818 bits per heavy atom. The number of benzene rings is 1. The van der Waals surface area contributed by atoms with Gasteiger partial charge in [-0.05, 0) is 30.7 Å². The second-order valence-corrected chi connectivity index (χ2v) is 7.34. The molecule has 3 heteroatoms. The van der Waals surface area contributed by atoms with Gasteiger partial charge in [0, 0.05) is 22.0 Å². The Bertz CT molecular complexity index is 400. The van der Waals surface area contributed by atoms with Gasteiger partial charge in [-0.3, -0.25) is 4.21 Å². The topological polar surface area (TPSA) is 26.3 Å². The normalized spacial score (nSPS) is 12.3. The van der Waals surface area contributed by atoms with Crippen LogP contribution in [0.1, 0.15) is 71.1 Å². The molecule has 0 aliphatic heterocycles. The smallest absolute Gasteiger partial charge is 0.119 e. The lowest BCUT2D eigenvalue weighted by Crippen LogP contribution is -1.97. The monoisotopic (exact) mass is 324 g/mol. The molecule has 0 bridgehead atoms. The van der Waals surface area contributed by atoms with Gasteiger partial charge in [0.1, 0.15) is 5.75 Å². The van der Waals surface area contributed by atoms with Crippen molar-refractivity contribution in [1.29, 1.82) is 0 Å². The van der Waals surface area contributed by atoms with E-state index in [0.717, 1.165) is 23.7 Å². The van der Waals surface area contributed by atoms with E-state index in [4.69, 9.17) is 4.74 Å². The summed E-state index contributed by atoms with van der Waals surface area (Å²) in [4.78, 5) is 0.853. The van der Waals surface area contributed by atoms with E-state index >= 15 is 0 Å². The van der Waals surface area contributed by atoms with E-state index in [2.05, 4.69) is 6.92 Å². The van der Waals surface area contributed by atoms with Gasteiger partial charge in [-0.1, -0.05) is 64.7 Å². The molecule has 0 aromatic heterocycles. The zero-order valence-corrected chi connectivity index (χ0v) is 15.1. The van der Waals surface area contributed by atoms with Crippen molar-refractivity contribution in [3.63, 3.8) is 0 Å². The highest BCUT2D eigenvalue weighted by Crippen LogP contribution is 2.15. The molecule has 0 unspecified atom stereocenters. The summed E-state index contributed by atoms with van der Waals surface area (Å²) in [6.07, 6.45) is 15.1. The lowest BCUT2D eigenvalue weighted by Gasteiger charge is -2.06. The first-order chi connectivity index (χ1) is 10.7. The zero-order chi connectivity index (χ0) is 16.0. The van der Waals surface area contributed by atoms with Crippen LogP contribution in [0.15, 0.2) is 29.2 Å². The van der Waals surface area contributed by atoms with Gasteiger partial charge < -0.3 is 4.74 Å². The second kappa shape index (κ2) is 12.7. The fourth-order valence-corrected chi connectivity index (χ4v) is 3.03. The summed E-state index contributed by atoms with van der Waals surface area (Å²) in [6.45, 7) is 3.05. The summed E-state index contributed by atoms with van der Waals surface area (Å²) in [5.74, 6) is 0.880. The van der Waals surface area contributed by atoms with E-state index in [9.17, 15) is 4.21 Å². The molecule has 0 heterocycles. The standard InChI is InChI=1S/C19H32O2S/c1-3-4-5-6-7-8-9-10-11-12-17-21-18-13-15-19(16-14-18)22(2)20/h13-16H,3-12,17H2,1-2H3/t22-/m1/s1. The van der Waals surface area contributed by atoms with Crippen LogP contribution in [-0.2, 0) is 10.8 Å². The molecule has 2 nitrogen and oxygen atoms in total. The molecule has 0 N–H and O–H groups in total. The van der Waals surface area contributed by atoms with Crippen LogP contribution >= 0.6 is 0 Å². The van der Waals surface area contributed by atoms with Crippen LogP contribution in [-0.4, -0.2) is 17.1 Å². The summed E-state index contributed by atoms with van der Waals surface area (Å²) >= 11 is 0. The Morgan fingerprint density at radius 3 is 1.82 bits per heavy atom. The molecule has 0 aliphatic rings. The quantitative estimate of drug-likeness (QED) is 0.433. The second-order valence-electron chi connectivity index (χ2n) is 5.96. The maximum atomic E-state index is 11.3. The maximum absolute atomic E-state index is 11.3. The van der Waals surface area contributed by atoms with Crippen LogP contribution in [0.25, 0.3) is 0 Å². The minimum atomic E-state index is -0.908. The predicted molar refractivity (Wildman–Crippen MR) is 96.1 cm³/mol. The Morgan fingerprint density at radius 2 is 1.32 bits per heavy atom. The van der Waals surface area contributed by atoms with Crippen LogP contribution in [0.2, 0.25) is 0 Å². The summed E-state index contributed by atoms with van der Waals surface area (Å²) in [6, 6.07) is 7.58. The zero-order valence-electron chi connectivity index (χ0n) is 14.3. The third-order valence-electron chi connectivity index (χ3n) is 3.92. The molecular weight excluding hydrogens is 292 g/mol. The Balaban J connectivity index is 1.94. The molecule has 1 aromatic rings. The minimum Gasteiger partial charge on any atom is -0.494 e. The summed E-state index contributed by atoms with van der Waals surface area (Å²) in [7, 11) is -0.908. The molecule has 0 saturated carbocycles. The van der Waals surface area contributed by atoms with E-state index in [1.807, 2.05) is 24.3 Å². The van der Waals surface area contributed by atoms with E-state index in [0.29, 0.717) is 0 Å². The molecule has 1 atom stereocenters. The molecular formula is C19H32O2S. The first-order valence-electron chi connectivity index (χ1n) is 8.80. The number of hydrogen-bond acceptors (Lipinski definition) is 2. The van der Waals surface area contributed by atoms with Gasteiger partial charge >= 0.3 is 0 Å².